The van der Waals surface area contributed by atoms with E-state index in [-0.39, 0.29) is 6.10 Å². The Morgan fingerprint density at radius 3 is 2.13 bits per heavy atom. The number of hydrogen-bond donors (Lipinski definition) is 2. The summed E-state index contributed by atoms with van der Waals surface area (Å²) in [4.78, 5) is 0. The summed E-state index contributed by atoms with van der Waals surface area (Å²) in [6, 6.07) is 0. The van der Waals surface area contributed by atoms with Crippen molar-refractivity contribution in [3.8, 4) is 0 Å². The van der Waals surface area contributed by atoms with Crippen LogP contribution in [0.2, 0.25) is 0 Å². The Morgan fingerprint density at radius 1 is 0.867 bits per heavy atom. The van der Waals surface area contributed by atoms with Gasteiger partial charge in [0.2, 0.25) is 0 Å². The van der Waals surface area contributed by atoms with Gasteiger partial charge in [-0.25, -0.2) is 0 Å². The number of piperidine rings is 1. The molecule has 2 N–H and O–H groups in total. The second-order valence-corrected chi connectivity index (χ2v) is 5.35. The van der Waals surface area contributed by atoms with Crippen LogP contribution in [0.1, 0.15) is 51.4 Å². The number of hydrogen-bond acceptors (Lipinski definition) is 2. The molecule has 2 nitrogen and oxygen atoms in total. The molecule has 2 aliphatic rings. The molecule has 2 atom stereocenters. The highest BCUT2D eigenvalue weighted by molar-refractivity contribution is 4.81. The van der Waals surface area contributed by atoms with Gasteiger partial charge in [0, 0.05) is 6.54 Å². The van der Waals surface area contributed by atoms with E-state index < -0.39 is 0 Å². The van der Waals surface area contributed by atoms with Crippen LogP contribution in [0, 0.1) is 11.8 Å². The quantitative estimate of drug-likeness (QED) is 0.687. The summed E-state index contributed by atoms with van der Waals surface area (Å²) in [5.41, 5.74) is 0. The molecule has 0 amide bonds. The van der Waals surface area contributed by atoms with E-state index in [9.17, 15) is 5.11 Å². The topological polar surface area (TPSA) is 32.3 Å². The van der Waals surface area contributed by atoms with Crippen molar-refractivity contribution in [1.29, 1.82) is 0 Å². The zero-order valence-corrected chi connectivity index (χ0v) is 9.75. The van der Waals surface area contributed by atoms with Crippen LogP contribution in [0.25, 0.3) is 0 Å². The molecular weight excluding hydrogens is 186 g/mol. The van der Waals surface area contributed by atoms with Gasteiger partial charge >= 0.3 is 0 Å². The van der Waals surface area contributed by atoms with Crippen molar-refractivity contribution in [3.05, 3.63) is 0 Å². The molecule has 88 valence electrons. The minimum Gasteiger partial charge on any atom is -0.393 e. The monoisotopic (exact) mass is 211 g/mol. The number of aliphatic hydroxyl groups excluding tert-OH is 1. The predicted octanol–water partition coefficient (Wildman–Crippen LogP) is 2.32. The molecule has 0 aromatic heterocycles. The predicted molar refractivity (Wildman–Crippen MR) is 62.8 cm³/mol. The average Bonchev–Trinajstić information content (AvgIpc) is 2.58. The first-order chi connectivity index (χ1) is 7.38. The fourth-order valence-electron chi connectivity index (χ4n) is 3.21. The second-order valence-electron chi connectivity index (χ2n) is 5.35. The third-order valence-corrected chi connectivity index (χ3v) is 4.20. The van der Waals surface area contributed by atoms with E-state index in [4.69, 9.17) is 0 Å². The van der Waals surface area contributed by atoms with Crippen LogP contribution in [0.5, 0.6) is 0 Å². The van der Waals surface area contributed by atoms with Gasteiger partial charge < -0.3 is 10.4 Å². The highest BCUT2D eigenvalue weighted by Gasteiger charge is 2.28. The number of rotatable bonds is 2. The lowest BCUT2D eigenvalue weighted by Crippen LogP contribution is -2.40. The molecule has 0 aromatic rings. The highest BCUT2D eigenvalue weighted by atomic mass is 16.3. The fraction of sp³-hybridized carbons (Fsp3) is 1.00. The molecule has 2 unspecified atom stereocenters. The van der Waals surface area contributed by atoms with Crippen LogP contribution >= 0.6 is 0 Å². The number of aliphatic hydroxyl groups is 1. The maximum Gasteiger partial charge on any atom is 0.0608 e. The zero-order chi connectivity index (χ0) is 10.5. The van der Waals surface area contributed by atoms with Crippen molar-refractivity contribution in [2.75, 3.05) is 13.1 Å². The van der Waals surface area contributed by atoms with Crippen molar-refractivity contribution < 1.29 is 5.11 Å². The van der Waals surface area contributed by atoms with E-state index in [0.29, 0.717) is 11.8 Å². The standard InChI is InChI=1S/C13H25NO/c15-13(12-8-5-9-14-10-12)11-6-3-1-2-4-7-11/h11-15H,1-10H2. The van der Waals surface area contributed by atoms with E-state index in [0.717, 1.165) is 13.1 Å². The lowest BCUT2D eigenvalue weighted by molar-refractivity contribution is 0.0328. The van der Waals surface area contributed by atoms with E-state index in [2.05, 4.69) is 5.32 Å². The molecule has 2 heteroatoms. The van der Waals surface area contributed by atoms with E-state index in [1.807, 2.05) is 0 Å². The van der Waals surface area contributed by atoms with Gasteiger partial charge in [0.1, 0.15) is 0 Å². The molecule has 1 heterocycles. The fourth-order valence-corrected chi connectivity index (χ4v) is 3.21. The maximum atomic E-state index is 10.4. The van der Waals surface area contributed by atoms with Crippen molar-refractivity contribution in [1.82, 2.24) is 5.32 Å². The third-order valence-electron chi connectivity index (χ3n) is 4.20. The summed E-state index contributed by atoms with van der Waals surface area (Å²) in [6.07, 6.45) is 10.4. The molecule has 1 aliphatic heterocycles. The Bertz CT molecular complexity index is 169. The first kappa shape index (κ1) is 11.4. The molecular formula is C13H25NO. The second kappa shape index (κ2) is 5.86. The minimum atomic E-state index is -0.0316. The molecule has 0 aromatic carbocycles. The van der Waals surface area contributed by atoms with Crippen molar-refractivity contribution in [2.45, 2.75) is 57.5 Å². The molecule has 0 spiro atoms. The van der Waals surface area contributed by atoms with Crippen LogP contribution < -0.4 is 5.32 Å². The van der Waals surface area contributed by atoms with Crippen LogP contribution in [0.3, 0.4) is 0 Å². The summed E-state index contributed by atoms with van der Waals surface area (Å²) < 4.78 is 0. The minimum absolute atomic E-state index is 0.0316. The lowest BCUT2D eigenvalue weighted by Gasteiger charge is -2.32. The van der Waals surface area contributed by atoms with E-state index in [1.165, 1.54) is 51.4 Å². The summed E-state index contributed by atoms with van der Waals surface area (Å²) >= 11 is 0. The Kier molecular flexibility index (Phi) is 4.45. The summed E-state index contributed by atoms with van der Waals surface area (Å²) in [5.74, 6) is 1.12. The third kappa shape index (κ3) is 3.18. The first-order valence-electron chi connectivity index (χ1n) is 6.76. The smallest absolute Gasteiger partial charge is 0.0608 e. The van der Waals surface area contributed by atoms with Gasteiger partial charge in [-0.05, 0) is 44.1 Å². The molecule has 2 rings (SSSR count). The molecule has 1 saturated carbocycles. The maximum absolute atomic E-state index is 10.4. The van der Waals surface area contributed by atoms with Crippen LogP contribution in [0.4, 0.5) is 0 Å². The SMILES string of the molecule is OC(C1CCCCCC1)C1CCCNC1. The van der Waals surface area contributed by atoms with Gasteiger partial charge in [-0.3, -0.25) is 0 Å². The van der Waals surface area contributed by atoms with E-state index >= 15 is 0 Å². The van der Waals surface area contributed by atoms with Crippen LogP contribution in [-0.4, -0.2) is 24.3 Å². The molecule has 15 heavy (non-hydrogen) atoms. The molecule has 0 radical (unpaired) electrons. The van der Waals surface area contributed by atoms with Gasteiger partial charge in [-0.1, -0.05) is 25.7 Å². The van der Waals surface area contributed by atoms with Crippen LogP contribution in [0.15, 0.2) is 0 Å². The average molecular weight is 211 g/mol. The Balaban J connectivity index is 1.83. The Hall–Kier alpha value is -0.0800. The summed E-state index contributed by atoms with van der Waals surface area (Å²) in [7, 11) is 0. The van der Waals surface area contributed by atoms with Gasteiger partial charge in [-0.2, -0.15) is 0 Å². The normalized spacial score (nSPS) is 32.2. The van der Waals surface area contributed by atoms with Crippen molar-refractivity contribution >= 4 is 0 Å². The lowest BCUT2D eigenvalue weighted by atomic mass is 9.82. The van der Waals surface area contributed by atoms with Crippen molar-refractivity contribution in [3.63, 3.8) is 0 Å². The highest BCUT2D eigenvalue weighted by Crippen LogP contribution is 2.30. The van der Waals surface area contributed by atoms with Crippen LogP contribution in [-0.2, 0) is 0 Å². The number of nitrogens with one attached hydrogen (secondary N) is 1. The van der Waals surface area contributed by atoms with Crippen molar-refractivity contribution in [2.24, 2.45) is 11.8 Å². The Morgan fingerprint density at radius 2 is 1.53 bits per heavy atom. The summed E-state index contributed by atoms with van der Waals surface area (Å²) in [6.45, 7) is 2.19. The molecule has 1 aliphatic carbocycles. The van der Waals surface area contributed by atoms with E-state index in [1.54, 1.807) is 0 Å². The van der Waals surface area contributed by atoms with Gasteiger partial charge in [0.05, 0.1) is 6.10 Å². The zero-order valence-electron chi connectivity index (χ0n) is 9.75. The van der Waals surface area contributed by atoms with Gasteiger partial charge in [0.25, 0.3) is 0 Å². The molecule has 1 saturated heterocycles. The van der Waals surface area contributed by atoms with Gasteiger partial charge in [-0.15, -0.1) is 0 Å². The van der Waals surface area contributed by atoms with Gasteiger partial charge in [0.15, 0.2) is 0 Å². The summed E-state index contributed by atoms with van der Waals surface area (Å²) in [5, 5.41) is 13.8. The largest absolute Gasteiger partial charge is 0.393 e. The Labute approximate surface area is 93.5 Å². The molecule has 2 fully saturated rings. The first-order valence-corrected chi connectivity index (χ1v) is 6.76. The molecule has 0 bridgehead atoms.